The van der Waals surface area contributed by atoms with Crippen LogP contribution in [0.4, 0.5) is 0 Å². The van der Waals surface area contributed by atoms with Crippen molar-refractivity contribution in [1.29, 1.82) is 0 Å². The zero-order chi connectivity index (χ0) is 9.03. The van der Waals surface area contributed by atoms with Crippen molar-refractivity contribution in [3.8, 4) is 0 Å². The SMILES string of the molecule is [CH2]CCS(=O)(=O)c1cccnc1. The first-order valence-corrected chi connectivity index (χ1v) is 5.24. The Balaban J connectivity index is 2.99. The van der Waals surface area contributed by atoms with Crippen molar-refractivity contribution in [2.75, 3.05) is 5.75 Å². The molecule has 0 N–H and O–H groups in total. The van der Waals surface area contributed by atoms with E-state index in [0.717, 1.165) is 0 Å². The molecule has 1 radical (unpaired) electrons. The topological polar surface area (TPSA) is 47.0 Å². The Morgan fingerprint density at radius 3 is 2.75 bits per heavy atom. The summed E-state index contributed by atoms with van der Waals surface area (Å²) >= 11 is 0. The van der Waals surface area contributed by atoms with E-state index in [-0.39, 0.29) is 10.6 Å². The van der Waals surface area contributed by atoms with Crippen LogP contribution < -0.4 is 0 Å². The van der Waals surface area contributed by atoms with Gasteiger partial charge in [0.1, 0.15) is 0 Å². The van der Waals surface area contributed by atoms with Gasteiger partial charge in [0.05, 0.1) is 10.6 Å². The molecule has 0 saturated heterocycles. The van der Waals surface area contributed by atoms with E-state index in [9.17, 15) is 8.42 Å². The van der Waals surface area contributed by atoms with Gasteiger partial charge in [-0.25, -0.2) is 8.42 Å². The van der Waals surface area contributed by atoms with Crippen LogP contribution in [0.1, 0.15) is 6.42 Å². The van der Waals surface area contributed by atoms with Crippen LogP contribution in [0.3, 0.4) is 0 Å². The molecule has 0 amide bonds. The molecular weight excluding hydrogens is 174 g/mol. The van der Waals surface area contributed by atoms with Gasteiger partial charge >= 0.3 is 0 Å². The number of sulfone groups is 1. The maximum Gasteiger partial charge on any atom is 0.179 e. The average Bonchev–Trinajstić information content (AvgIpc) is 2.06. The molecule has 0 spiro atoms. The first kappa shape index (κ1) is 9.19. The van der Waals surface area contributed by atoms with Crippen LogP contribution in [0, 0.1) is 6.92 Å². The Hall–Kier alpha value is -0.900. The molecule has 3 nitrogen and oxygen atoms in total. The van der Waals surface area contributed by atoms with E-state index in [1.165, 1.54) is 12.3 Å². The second-order valence-electron chi connectivity index (χ2n) is 2.36. The fraction of sp³-hybridized carbons (Fsp3) is 0.250. The van der Waals surface area contributed by atoms with E-state index in [2.05, 4.69) is 11.9 Å². The molecule has 0 aliphatic carbocycles. The second kappa shape index (κ2) is 3.67. The number of rotatable bonds is 3. The smallest absolute Gasteiger partial charge is 0.179 e. The number of pyridine rings is 1. The van der Waals surface area contributed by atoms with Gasteiger partial charge < -0.3 is 0 Å². The zero-order valence-corrected chi connectivity index (χ0v) is 7.42. The summed E-state index contributed by atoms with van der Waals surface area (Å²) in [7, 11) is -3.14. The summed E-state index contributed by atoms with van der Waals surface area (Å²) in [6.07, 6.45) is 3.28. The van der Waals surface area contributed by atoms with Gasteiger partial charge in [-0.1, -0.05) is 6.92 Å². The third kappa shape index (κ3) is 2.04. The lowest BCUT2D eigenvalue weighted by atomic mass is 10.5. The first-order valence-electron chi connectivity index (χ1n) is 3.59. The van der Waals surface area contributed by atoms with Gasteiger partial charge in [-0.2, -0.15) is 0 Å². The van der Waals surface area contributed by atoms with Crippen molar-refractivity contribution in [3.63, 3.8) is 0 Å². The number of aromatic nitrogens is 1. The van der Waals surface area contributed by atoms with Crippen molar-refractivity contribution < 1.29 is 8.42 Å². The molecule has 1 heterocycles. The van der Waals surface area contributed by atoms with Crippen LogP contribution in [0.25, 0.3) is 0 Å². The molecule has 1 rings (SSSR count). The molecule has 12 heavy (non-hydrogen) atoms. The van der Waals surface area contributed by atoms with Gasteiger partial charge in [0.25, 0.3) is 0 Å². The number of hydrogen-bond donors (Lipinski definition) is 0. The van der Waals surface area contributed by atoms with Crippen LogP contribution in [-0.4, -0.2) is 19.2 Å². The minimum absolute atomic E-state index is 0.0820. The standard InChI is InChI=1S/C8H10NO2S/c1-2-6-12(10,11)8-4-3-5-9-7-8/h3-5,7H,1-2,6H2. The van der Waals surface area contributed by atoms with Gasteiger partial charge in [-0.3, -0.25) is 4.98 Å². The van der Waals surface area contributed by atoms with Crippen molar-refractivity contribution in [2.45, 2.75) is 11.3 Å². The third-order valence-electron chi connectivity index (χ3n) is 1.41. The van der Waals surface area contributed by atoms with Gasteiger partial charge in [0, 0.05) is 12.4 Å². The van der Waals surface area contributed by atoms with Gasteiger partial charge in [0.2, 0.25) is 0 Å². The van der Waals surface area contributed by atoms with Crippen molar-refractivity contribution in [1.82, 2.24) is 4.98 Å². The summed E-state index contributed by atoms with van der Waals surface area (Å²) in [4.78, 5) is 4.01. The minimum Gasteiger partial charge on any atom is -0.263 e. The molecular formula is C8H10NO2S. The lowest BCUT2D eigenvalue weighted by molar-refractivity contribution is 0.595. The Bertz CT molecular complexity index is 331. The van der Waals surface area contributed by atoms with Gasteiger partial charge in [-0.15, -0.1) is 0 Å². The molecule has 0 atom stereocenters. The van der Waals surface area contributed by atoms with Crippen molar-refractivity contribution >= 4 is 9.84 Å². The summed E-state index contributed by atoms with van der Waals surface area (Å²) in [5.41, 5.74) is 0. The molecule has 1 aromatic rings. The molecule has 1 aromatic heterocycles. The highest BCUT2D eigenvalue weighted by molar-refractivity contribution is 7.91. The highest BCUT2D eigenvalue weighted by atomic mass is 32.2. The molecule has 4 heteroatoms. The van der Waals surface area contributed by atoms with E-state index in [1.54, 1.807) is 12.3 Å². The molecule has 0 bridgehead atoms. The number of nitrogens with zero attached hydrogens (tertiary/aromatic N) is 1. The van der Waals surface area contributed by atoms with E-state index in [4.69, 9.17) is 0 Å². The lowest BCUT2D eigenvalue weighted by Gasteiger charge is -1.99. The monoisotopic (exact) mass is 184 g/mol. The van der Waals surface area contributed by atoms with Gasteiger partial charge in [-0.05, 0) is 18.6 Å². The summed E-state index contributed by atoms with van der Waals surface area (Å²) in [5, 5.41) is 0. The van der Waals surface area contributed by atoms with Crippen molar-refractivity contribution in [2.24, 2.45) is 0 Å². The Morgan fingerprint density at radius 2 is 2.25 bits per heavy atom. The van der Waals surface area contributed by atoms with Crippen LogP contribution >= 0.6 is 0 Å². The van der Waals surface area contributed by atoms with E-state index >= 15 is 0 Å². The normalized spacial score (nSPS) is 11.4. The Labute approximate surface area is 72.4 Å². The average molecular weight is 184 g/mol. The molecule has 65 valence electrons. The largest absolute Gasteiger partial charge is 0.263 e. The third-order valence-corrected chi connectivity index (χ3v) is 3.19. The second-order valence-corrected chi connectivity index (χ2v) is 4.47. The highest BCUT2D eigenvalue weighted by Gasteiger charge is 2.11. The Morgan fingerprint density at radius 1 is 1.50 bits per heavy atom. The quantitative estimate of drug-likeness (QED) is 0.706. The predicted molar refractivity (Wildman–Crippen MR) is 46.3 cm³/mol. The Kier molecular flexibility index (Phi) is 2.81. The van der Waals surface area contributed by atoms with E-state index in [1.807, 2.05) is 0 Å². The summed E-state index contributed by atoms with van der Waals surface area (Å²) in [5.74, 6) is 0.0820. The fourth-order valence-corrected chi connectivity index (χ4v) is 1.96. The molecule has 0 aliphatic heterocycles. The summed E-state index contributed by atoms with van der Waals surface area (Å²) in [6, 6.07) is 3.15. The summed E-state index contributed by atoms with van der Waals surface area (Å²) < 4.78 is 22.7. The molecule has 0 fully saturated rings. The zero-order valence-electron chi connectivity index (χ0n) is 6.60. The first-order chi connectivity index (χ1) is 5.67. The van der Waals surface area contributed by atoms with Crippen molar-refractivity contribution in [3.05, 3.63) is 31.5 Å². The van der Waals surface area contributed by atoms with Crippen LogP contribution in [0.2, 0.25) is 0 Å². The van der Waals surface area contributed by atoms with E-state index < -0.39 is 9.84 Å². The number of hydrogen-bond acceptors (Lipinski definition) is 3. The van der Waals surface area contributed by atoms with E-state index in [0.29, 0.717) is 6.42 Å². The highest BCUT2D eigenvalue weighted by Crippen LogP contribution is 2.08. The van der Waals surface area contributed by atoms with Gasteiger partial charge in [0.15, 0.2) is 9.84 Å². The van der Waals surface area contributed by atoms with Crippen LogP contribution in [0.5, 0.6) is 0 Å². The fourth-order valence-electron chi connectivity index (χ4n) is 0.839. The van der Waals surface area contributed by atoms with Crippen LogP contribution in [0.15, 0.2) is 29.4 Å². The molecule has 0 unspecified atom stereocenters. The summed E-state index contributed by atoms with van der Waals surface area (Å²) in [6.45, 7) is 3.50. The maximum absolute atomic E-state index is 11.4. The van der Waals surface area contributed by atoms with Crippen LogP contribution in [-0.2, 0) is 9.84 Å². The maximum atomic E-state index is 11.4. The molecule has 0 saturated carbocycles. The molecule has 0 aliphatic rings. The minimum atomic E-state index is -3.14. The lowest BCUT2D eigenvalue weighted by Crippen LogP contribution is -2.05. The predicted octanol–water partition coefficient (Wildman–Crippen LogP) is 1.08. The molecule has 0 aromatic carbocycles.